The third-order valence-electron chi connectivity index (χ3n) is 8.38. The van der Waals surface area contributed by atoms with E-state index in [4.69, 9.17) is 37.9 Å². The Morgan fingerprint density at radius 2 is 1.12 bits per heavy atom. The molecule has 6 rings (SSSR count). The number of cyclic esters (lactones) is 2. The Bertz CT molecular complexity index is 1110. The molecule has 1 aromatic rings. The number of esters is 2. The molecule has 2 fully saturated rings. The lowest BCUT2D eigenvalue weighted by Gasteiger charge is -2.53. The van der Waals surface area contributed by atoms with Crippen LogP contribution in [-0.4, -0.2) is 75.0 Å². The first-order chi connectivity index (χ1) is 19.4. The summed E-state index contributed by atoms with van der Waals surface area (Å²) in [5.41, 5.74) is 0.0885. The zero-order valence-electron chi connectivity index (χ0n) is 22.9. The molecule has 10 nitrogen and oxygen atoms in total. The maximum Gasteiger partial charge on any atom is 0.317 e. The monoisotopic (exact) mass is 556 g/mol. The van der Waals surface area contributed by atoms with Crippen molar-refractivity contribution in [2.45, 2.75) is 63.3 Å². The quantitative estimate of drug-likeness (QED) is 0.443. The first kappa shape index (κ1) is 27.6. The summed E-state index contributed by atoms with van der Waals surface area (Å²) < 4.78 is 47.3. The van der Waals surface area contributed by atoms with Crippen LogP contribution in [0.1, 0.15) is 37.8 Å². The highest BCUT2D eigenvalue weighted by atomic mass is 16.6. The predicted octanol–water partition coefficient (Wildman–Crippen LogP) is 2.98. The summed E-state index contributed by atoms with van der Waals surface area (Å²) >= 11 is 0. The summed E-state index contributed by atoms with van der Waals surface area (Å²) in [4.78, 5) is 25.3. The molecule has 0 N–H and O–H groups in total. The number of benzene rings is 1. The van der Waals surface area contributed by atoms with Crippen molar-refractivity contribution in [3.63, 3.8) is 0 Å². The van der Waals surface area contributed by atoms with Gasteiger partial charge in [-0.25, -0.2) is 0 Å². The number of carbonyl (C=O) groups is 2. The normalized spacial score (nSPS) is 37.1. The summed E-state index contributed by atoms with van der Waals surface area (Å²) in [6.07, 6.45) is 4.23. The van der Waals surface area contributed by atoms with Gasteiger partial charge in [-0.05, 0) is 50.0 Å². The summed E-state index contributed by atoms with van der Waals surface area (Å²) in [7, 11) is 0. The lowest BCUT2D eigenvalue weighted by Crippen LogP contribution is -2.65. The fourth-order valence-electron chi connectivity index (χ4n) is 6.31. The molecular weight excluding hydrogens is 520 g/mol. The molecular formula is C30H36O10. The number of hydrogen-bond acceptors (Lipinski definition) is 10. The van der Waals surface area contributed by atoms with Crippen molar-refractivity contribution in [2.24, 2.45) is 11.8 Å². The van der Waals surface area contributed by atoms with Crippen LogP contribution in [0.4, 0.5) is 0 Å². The molecule has 6 unspecified atom stereocenters. The van der Waals surface area contributed by atoms with Gasteiger partial charge in [0.1, 0.15) is 22.7 Å². The minimum atomic E-state index is -0.888. The SMILES string of the molecule is CC1=CC23OCc4cccc(c4)COC45C=C(C)OC(=O)C4CC5OCCOCCOCCOC2CC3C(=O)O1. The average molecular weight is 557 g/mol. The molecule has 2 bridgehead atoms. The summed E-state index contributed by atoms with van der Waals surface area (Å²) in [5, 5.41) is 0. The van der Waals surface area contributed by atoms with Gasteiger partial charge in [-0.15, -0.1) is 0 Å². The second kappa shape index (κ2) is 11.3. The number of carbonyl (C=O) groups excluding carboxylic acids is 2. The predicted molar refractivity (Wildman–Crippen MR) is 139 cm³/mol. The number of fused-ring (bicyclic) bond motifs is 2. The first-order valence-electron chi connectivity index (χ1n) is 14.0. The molecule has 5 aliphatic rings. The fraction of sp³-hybridized carbons (Fsp3) is 0.600. The molecule has 2 aliphatic carbocycles. The Morgan fingerprint density at radius 1 is 0.675 bits per heavy atom. The van der Waals surface area contributed by atoms with E-state index < -0.39 is 23.0 Å². The molecule has 1 aromatic carbocycles. The summed E-state index contributed by atoms with van der Waals surface area (Å²) in [6.45, 7) is 6.46. The van der Waals surface area contributed by atoms with Crippen LogP contribution in [0.3, 0.4) is 0 Å². The van der Waals surface area contributed by atoms with E-state index in [0.717, 1.165) is 11.1 Å². The minimum Gasteiger partial charge on any atom is -0.431 e. The molecule has 3 aliphatic heterocycles. The molecule has 40 heavy (non-hydrogen) atoms. The Kier molecular flexibility index (Phi) is 7.82. The Balaban J connectivity index is 1.22. The number of allylic oxidation sites excluding steroid dienone is 2. The molecule has 2 spiro atoms. The van der Waals surface area contributed by atoms with Crippen molar-refractivity contribution in [2.75, 3.05) is 39.6 Å². The second-order valence-electron chi connectivity index (χ2n) is 11.0. The maximum absolute atomic E-state index is 12.6. The van der Waals surface area contributed by atoms with Crippen molar-refractivity contribution in [1.82, 2.24) is 0 Å². The molecule has 0 aromatic heterocycles. The minimum absolute atomic E-state index is 0.278. The van der Waals surface area contributed by atoms with Crippen LogP contribution in [0.2, 0.25) is 0 Å². The highest BCUT2D eigenvalue weighted by Crippen LogP contribution is 2.50. The van der Waals surface area contributed by atoms with Gasteiger partial charge < -0.3 is 37.9 Å². The Labute approximate surface area is 233 Å². The molecule has 10 heteroatoms. The molecule has 6 atom stereocenters. The van der Waals surface area contributed by atoms with Gasteiger partial charge in [-0.1, -0.05) is 24.3 Å². The standard InChI is InChI=1S/C30H36O10/c1-19-15-29-23(27(31)39-19)13-25(29)35-10-8-33-6-7-34-9-11-36-26-14-24-28(32)40-20(2)16-30(24,26)38-18-22-5-3-4-21(12-22)17-37-29/h3-5,12,15-16,23-26H,6-11,13-14,17-18H2,1-2H3. The maximum atomic E-state index is 12.6. The number of ether oxygens (including phenoxy) is 8. The molecule has 216 valence electrons. The van der Waals surface area contributed by atoms with Gasteiger partial charge in [-0.3, -0.25) is 9.59 Å². The highest BCUT2D eigenvalue weighted by Gasteiger charge is 2.63. The molecule has 3 heterocycles. The van der Waals surface area contributed by atoms with E-state index >= 15 is 0 Å². The van der Waals surface area contributed by atoms with Crippen molar-refractivity contribution >= 4 is 11.9 Å². The van der Waals surface area contributed by atoms with Crippen LogP contribution in [-0.2, 0) is 60.7 Å². The van der Waals surface area contributed by atoms with Gasteiger partial charge in [0.2, 0.25) is 0 Å². The van der Waals surface area contributed by atoms with Crippen molar-refractivity contribution < 1.29 is 47.5 Å². The van der Waals surface area contributed by atoms with Crippen LogP contribution in [0.15, 0.2) is 47.9 Å². The van der Waals surface area contributed by atoms with Crippen molar-refractivity contribution in [3.8, 4) is 0 Å². The third kappa shape index (κ3) is 5.13. The fourth-order valence-corrected chi connectivity index (χ4v) is 6.31. The Morgan fingerprint density at radius 3 is 1.60 bits per heavy atom. The van der Waals surface area contributed by atoms with Gasteiger partial charge in [-0.2, -0.15) is 0 Å². The highest BCUT2D eigenvalue weighted by molar-refractivity contribution is 5.79. The van der Waals surface area contributed by atoms with E-state index in [0.29, 0.717) is 64.0 Å². The topological polar surface area (TPSA) is 108 Å². The van der Waals surface area contributed by atoms with Gasteiger partial charge in [0, 0.05) is 0 Å². The smallest absolute Gasteiger partial charge is 0.317 e. The second-order valence-corrected chi connectivity index (χ2v) is 11.0. The van der Waals surface area contributed by atoms with Crippen LogP contribution >= 0.6 is 0 Å². The molecule has 0 amide bonds. The molecule has 0 saturated heterocycles. The number of rotatable bonds is 0. The van der Waals surface area contributed by atoms with Crippen LogP contribution < -0.4 is 0 Å². The third-order valence-corrected chi connectivity index (χ3v) is 8.38. The van der Waals surface area contributed by atoms with Crippen LogP contribution in [0.5, 0.6) is 0 Å². The largest absolute Gasteiger partial charge is 0.431 e. The summed E-state index contributed by atoms with van der Waals surface area (Å²) in [6, 6.07) is 7.91. The van der Waals surface area contributed by atoms with Crippen molar-refractivity contribution in [3.05, 3.63) is 59.1 Å². The van der Waals surface area contributed by atoms with E-state index in [1.807, 2.05) is 36.4 Å². The van der Waals surface area contributed by atoms with Gasteiger partial charge in [0.05, 0.1) is 76.9 Å². The van der Waals surface area contributed by atoms with Gasteiger partial charge in [0.25, 0.3) is 0 Å². The average Bonchev–Trinajstić information content (AvgIpc) is 2.90. The number of hydrogen-bond donors (Lipinski definition) is 0. The first-order valence-corrected chi connectivity index (χ1v) is 14.0. The zero-order valence-corrected chi connectivity index (χ0v) is 22.9. The van der Waals surface area contributed by atoms with E-state index in [-0.39, 0.29) is 37.4 Å². The summed E-state index contributed by atoms with van der Waals surface area (Å²) in [5.74, 6) is -0.400. The molecule has 0 radical (unpaired) electrons. The van der Waals surface area contributed by atoms with Gasteiger partial charge >= 0.3 is 11.9 Å². The van der Waals surface area contributed by atoms with E-state index in [1.165, 1.54) is 0 Å². The van der Waals surface area contributed by atoms with Crippen LogP contribution in [0, 0.1) is 11.8 Å². The zero-order chi connectivity index (χ0) is 27.7. The Hall–Kier alpha value is -2.60. The lowest BCUT2D eigenvalue weighted by molar-refractivity contribution is -0.235. The molecule has 2 saturated carbocycles. The van der Waals surface area contributed by atoms with E-state index in [2.05, 4.69) is 0 Å². The van der Waals surface area contributed by atoms with E-state index in [1.54, 1.807) is 13.8 Å². The van der Waals surface area contributed by atoms with E-state index in [9.17, 15) is 9.59 Å². The lowest BCUT2D eigenvalue weighted by atomic mass is 9.65. The van der Waals surface area contributed by atoms with Crippen LogP contribution in [0.25, 0.3) is 0 Å². The van der Waals surface area contributed by atoms with Crippen molar-refractivity contribution in [1.29, 1.82) is 0 Å². The van der Waals surface area contributed by atoms with Gasteiger partial charge in [0.15, 0.2) is 0 Å².